The first-order chi connectivity index (χ1) is 9.65. The van der Waals surface area contributed by atoms with E-state index >= 15 is 0 Å². The van der Waals surface area contributed by atoms with E-state index in [1.54, 1.807) is 0 Å². The molecule has 0 saturated carbocycles. The number of piperidine rings is 3. The molecule has 0 bridgehead atoms. The molecule has 3 aliphatic rings. The van der Waals surface area contributed by atoms with E-state index in [2.05, 4.69) is 28.8 Å². The van der Waals surface area contributed by atoms with Crippen molar-refractivity contribution in [1.82, 2.24) is 14.7 Å². The van der Waals surface area contributed by atoms with Crippen molar-refractivity contribution in [2.24, 2.45) is 11.3 Å². The quantitative estimate of drug-likeness (QED) is 0.767. The van der Waals surface area contributed by atoms with Crippen molar-refractivity contribution in [3.63, 3.8) is 0 Å². The van der Waals surface area contributed by atoms with Crippen molar-refractivity contribution in [3.05, 3.63) is 0 Å². The van der Waals surface area contributed by atoms with Crippen LogP contribution in [0.2, 0.25) is 0 Å². The summed E-state index contributed by atoms with van der Waals surface area (Å²) in [6.45, 7) is 9.41. The van der Waals surface area contributed by atoms with Gasteiger partial charge in [0.2, 0.25) is 0 Å². The fourth-order valence-corrected chi connectivity index (χ4v) is 4.41. The lowest BCUT2D eigenvalue weighted by Gasteiger charge is -2.47. The van der Waals surface area contributed by atoms with Crippen molar-refractivity contribution in [2.45, 2.75) is 38.5 Å². The highest BCUT2D eigenvalue weighted by Crippen LogP contribution is 2.41. The van der Waals surface area contributed by atoms with Crippen molar-refractivity contribution in [1.29, 1.82) is 0 Å². The third-order valence-electron chi connectivity index (χ3n) is 6.32. The largest absolute Gasteiger partial charge is 0.306 e. The SMILES string of the molecule is CN1CCC(CN2CCC3(CCN(C)CC3)CC2)CC1. The second-order valence-corrected chi connectivity index (χ2v) is 7.85. The molecule has 0 aromatic heterocycles. The first-order valence-electron chi connectivity index (χ1n) is 8.75. The highest BCUT2D eigenvalue weighted by Gasteiger charge is 2.37. The van der Waals surface area contributed by atoms with Crippen LogP contribution in [0.4, 0.5) is 0 Å². The molecule has 3 heteroatoms. The molecule has 0 aromatic carbocycles. The van der Waals surface area contributed by atoms with Gasteiger partial charge in [-0.15, -0.1) is 0 Å². The van der Waals surface area contributed by atoms with E-state index in [0.717, 1.165) is 11.3 Å². The molecule has 3 fully saturated rings. The van der Waals surface area contributed by atoms with E-state index < -0.39 is 0 Å². The second kappa shape index (κ2) is 6.33. The summed E-state index contributed by atoms with van der Waals surface area (Å²) in [5.74, 6) is 0.970. The molecule has 3 rings (SSSR count). The Morgan fingerprint density at radius 3 is 1.85 bits per heavy atom. The lowest BCUT2D eigenvalue weighted by atomic mass is 9.71. The average Bonchev–Trinajstić information content (AvgIpc) is 2.47. The fraction of sp³-hybridized carbons (Fsp3) is 1.00. The Kier molecular flexibility index (Phi) is 4.68. The van der Waals surface area contributed by atoms with Crippen LogP contribution < -0.4 is 0 Å². The van der Waals surface area contributed by atoms with Crippen LogP contribution in [-0.4, -0.2) is 74.6 Å². The molecule has 0 amide bonds. The topological polar surface area (TPSA) is 9.72 Å². The van der Waals surface area contributed by atoms with Gasteiger partial charge in [0.05, 0.1) is 0 Å². The number of likely N-dealkylation sites (tertiary alicyclic amines) is 3. The first-order valence-corrected chi connectivity index (χ1v) is 8.75. The summed E-state index contributed by atoms with van der Waals surface area (Å²) in [6.07, 6.45) is 8.67. The van der Waals surface area contributed by atoms with Gasteiger partial charge in [0.15, 0.2) is 0 Å². The van der Waals surface area contributed by atoms with Crippen LogP contribution in [0.3, 0.4) is 0 Å². The molecule has 0 unspecified atom stereocenters. The van der Waals surface area contributed by atoms with Crippen molar-refractivity contribution in [2.75, 3.05) is 59.9 Å². The summed E-state index contributed by atoms with van der Waals surface area (Å²) in [5, 5.41) is 0. The van der Waals surface area contributed by atoms with Crippen LogP contribution in [0, 0.1) is 11.3 Å². The molecule has 20 heavy (non-hydrogen) atoms. The van der Waals surface area contributed by atoms with Gasteiger partial charge in [-0.2, -0.15) is 0 Å². The van der Waals surface area contributed by atoms with E-state index in [4.69, 9.17) is 0 Å². The zero-order valence-electron chi connectivity index (χ0n) is 13.6. The molecular formula is C17H33N3. The number of hydrogen-bond acceptors (Lipinski definition) is 3. The standard InChI is InChI=1S/C17H33N3/c1-18-9-3-16(4-10-18)15-20-13-7-17(8-14-20)5-11-19(2)12-6-17/h16H,3-15H2,1-2H3. The minimum absolute atomic E-state index is 0.718. The van der Waals surface area contributed by atoms with Crippen molar-refractivity contribution in [3.8, 4) is 0 Å². The van der Waals surface area contributed by atoms with Gasteiger partial charge >= 0.3 is 0 Å². The summed E-state index contributed by atoms with van der Waals surface area (Å²) < 4.78 is 0. The summed E-state index contributed by atoms with van der Waals surface area (Å²) in [7, 11) is 4.54. The molecule has 3 saturated heterocycles. The van der Waals surface area contributed by atoms with Crippen LogP contribution in [-0.2, 0) is 0 Å². The molecule has 0 atom stereocenters. The van der Waals surface area contributed by atoms with E-state index in [1.165, 1.54) is 84.3 Å². The van der Waals surface area contributed by atoms with Crippen molar-refractivity contribution >= 4 is 0 Å². The number of nitrogens with zero attached hydrogens (tertiary/aromatic N) is 3. The van der Waals surface area contributed by atoms with Gasteiger partial charge in [0.25, 0.3) is 0 Å². The van der Waals surface area contributed by atoms with E-state index in [9.17, 15) is 0 Å². The van der Waals surface area contributed by atoms with Gasteiger partial charge in [0.1, 0.15) is 0 Å². The monoisotopic (exact) mass is 279 g/mol. The molecule has 3 aliphatic heterocycles. The predicted octanol–water partition coefficient (Wildman–Crippen LogP) is 2.14. The Hall–Kier alpha value is -0.120. The molecule has 3 heterocycles. The molecule has 0 N–H and O–H groups in total. The molecule has 0 aromatic rings. The van der Waals surface area contributed by atoms with Gasteiger partial charge in [-0.3, -0.25) is 0 Å². The molecule has 1 spiro atoms. The first kappa shape index (κ1) is 14.8. The van der Waals surface area contributed by atoms with Gasteiger partial charge in [-0.25, -0.2) is 0 Å². The van der Waals surface area contributed by atoms with E-state index in [-0.39, 0.29) is 0 Å². The Balaban J connectivity index is 1.42. The second-order valence-electron chi connectivity index (χ2n) is 7.85. The van der Waals surface area contributed by atoms with E-state index in [0.29, 0.717) is 0 Å². The molecule has 0 aliphatic carbocycles. The normalized spacial score (nSPS) is 30.9. The summed E-state index contributed by atoms with van der Waals surface area (Å²) in [4.78, 5) is 7.77. The average molecular weight is 279 g/mol. The van der Waals surface area contributed by atoms with Crippen LogP contribution >= 0.6 is 0 Å². The Morgan fingerprint density at radius 1 is 0.750 bits per heavy atom. The maximum Gasteiger partial charge on any atom is 0.00106 e. The van der Waals surface area contributed by atoms with Gasteiger partial charge < -0.3 is 14.7 Å². The maximum atomic E-state index is 2.78. The minimum Gasteiger partial charge on any atom is -0.306 e. The summed E-state index contributed by atoms with van der Waals surface area (Å²) >= 11 is 0. The van der Waals surface area contributed by atoms with Crippen LogP contribution in [0.25, 0.3) is 0 Å². The Bertz CT molecular complexity index is 291. The van der Waals surface area contributed by atoms with Crippen LogP contribution in [0.1, 0.15) is 38.5 Å². The van der Waals surface area contributed by atoms with Crippen LogP contribution in [0.5, 0.6) is 0 Å². The third kappa shape index (κ3) is 3.55. The number of hydrogen-bond donors (Lipinski definition) is 0. The van der Waals surface area contributed by atoms with Crippen LogP contribution in [0.15, 0.2) is 0 Å². The number of rotatable bonds is 2. The van der Waals surface area contributed by atoms with Gasteiger partial charge in [-0.1, -0.05) is 0 Å². The van der Waals surface area contributed by atoms with Gasteiger partial charge in [-0.05, 0) is 103 Å². The molecule has 3 nitrogen and oxygen atoms in total. The summed E-state index contributed by atoms with van der Waals surface area (Å²) in [5.41, 5.74) is 0.718. The molecule has 116 valence electrons. The van der Waals surface area contributed by atoms with Gasteiger partial charge in [0, 0.05) is 6.54 Å². The zero-order valence-corrected chi connectivity index (χ0v) is 13.6. The predicted molar refractivity (Wildman–Crippen MR) is 85.1 cm³/mol. The summed E-state index contributed by atoms with van der Waals surface area (Å²) in [6, 6.07) is 0. The minimum atomic E-state index is 0.718. The van der Waals surface area contributed by atoms with E-state index in [1.807, 2.05) is 0 Å². The lowest BCUT2D eigenvalue weighted by Crippen LogP contribution is -2.47. The maximum absolute atomic E-state index is 2.78. The third-order valence-corrected chi connectivity index (χ3v) is 6.32. The zero-order chi connectivity index (χ0) is 14.0. The van der Waals surface area contributed by atoms with Crippen molar-refractivity contribution < 1.29 is 0 Å². The molecule has 0 radical (unpaired) electrons. The lowest BCUT2D eigenvalue weighted by molar-refractivity contribution is 0.0329. The molecular weight excluding hydrogens is 246 g/mol. The fourth-order valence-electron chi connectivity index (χ4n) is 4.41. The Labute approximate surface area is 125 Å². The Morgan fingerprint density at radius 2 is 1.25 bits per heavy atom. The highest BCUT2D eigenvalue weighted by atomic mass is 15.2. The highest BCUT2D eigenvalue weighted by molar-refractivity contribution is 4.90. The smallest absolute Gasteiger partial charge is 0.00106 e.